The maximum absolute atomic E-state index is 13.2. The minimum atomic E-state index is -3.89. The van der Waals surface area contributed by atoms with Crippen molar-refractivity contribution in [2.45, 2.75) is 54.5 Å². The van der Waals surface area contributed by atoms with Crippen LogP contribution in [0.1, 0.15) is 54.7 Å². The highest BCUT2D eigenvalue weighted by atomic mass is 32.2. The van der Waals surface area contributed by atoms with E-state index in [0.29, 0.717) is 5.92 Å². The van der Waals surface area contributed by atoms with Crippen LogP contribution in [-0.2, 0) is 20.0 Å². The molecule has 0 saturated heterocycles. The first-order chi connectivity index (χ1) is 15.2. The molecular weight excluding hydrogens is 464 g/mol. The van der Waals surface area contributed by atoms with Gasteiger partial charge in [0.25, 0.3) is 0 Å². The molecule has 1 atom stereocenters. The van der Waals surface area contributed by atoms with E-state index in [1.165, 1.54) is 41.2 Å². The van der Waals surface area contributed by atoms with Crippen molar-refractivity contribution in [3.8, 4) is 0 Å². The Morgan fingerprint density at radius 3 is 1.88 bits per heavy atom. The lowest BCUT2D eigenvalue weighted by molar-refractivity contribution is 0.571. The lowest BCUT2D eigenvalue weighted by atomic mass is 9.99. The summed E-state index contributed by atoms with van der Waals surface area (Å²) in [5.74, 6) is 0.380. The van der Waals surface area contributed by atoms with Crippen molar-refractivity contribution in [1.82, 2.24) is 9.44 Å². The van der Waals surface area contributed by atoms with Crippen LogP contribution in [0, 0.1) is 0 Å². The third-order valence-electron chi connectivity index (χ3n) is 5.38. The van der Waals surface area contributed by atoms with Gasteiger partial charge in [0.15, 0.2) is 0 Å². The number of rotatable bonds is 9. The number of hydrogen-bond donors (Lipinski definition) is 2. The predicted octanol–water partition coefficient (Wildman–Crippen LogP) is 4.38. The lowest BCUT2D eigenvalue weighted by Gasteiger charge is -2.19. The van der Waals surface area contributed by atoms with Gasteiger partial charge in [-0.05, 0) is 65.6 Å². The van der Waals surface area contributed by atoms with Gasteiger partial charge in [-0.3, -0.25) is 0 Å². The van der Waals surface area contributed by atoms with Crippen LogP contribution < -0.4 is 9.44 Å². The van der Waals surface area contributed by atoms with Gasteiger partial charge in [-0.1, -0.05) is 44.2 Å². The third kappa shape index (κ3) is 5.29. The third-order valence-corrected chi connectivity index (χ3v) is 9.29. The van der Waals surface area contributed by atoms with Crippen molar-refractivity contribution in [1.29, 1.82) is 0 Å². The Labute approximate surface area is 193 Å². The van der Waals surface area contributed by atoms with Crippen molar-refractivity contribution in [3.63, 3.8) is 0 Å². The van der Waals surface area contributed by atoms with Crippen molar-refractivity contribution >= 4 is 31.4 Å². The molecule has 0 amide bonds. The molecule has 170 valence electrons. The minimum absolute atomic E-state index is 0.0151. The highest BCUT2D eigenvalue weighted by Crippen LogP contribution is 2.29. The molecule has 0 bridgehead atoms. The molecule has 9 heteroatoms. The maximum Gasteiger partial charge on any atom is 0.241 e. The Hall–Kier alpha value is -2.04. The van der Waals surface area contributed by atoms with Crippen molar-refractivity contribution in [2.75, 3.05) is 0 Å². The molecule has 3 aromatic rings. The zero-order valence-corrected chi connectivity index (χ0v) is 20.3. The van der Waals surface area contributed by atoms with Gasteiger partial charge in [-0.25, -0.2) is 21.6 Å². The molecule has 1 aliphatic carbocycles. The summed E-state index contributed by atoms with van der Waals surface area (Å²) in [6.07, 6.45) is 1.66. The highest BCUT2D eigenvalue weighted by Gasteiger charge is 2.29. The maximum atomic E-state index is 13.2. The van der Waals surface area contributed by atoms with Crippen LogP contribution in [0.5, 0.6) is 0 Å². The Morgan fingerprint density at radius 2 is 1.38 bits per heavy atom. The van der Waals surface area contributed by atoms with E-state index < -0.39 is 26.1 Å². The molecule has 0 spiro atoms. The van der Waals surface area contributed by atoms with Gasteiger partial charge >= 0.3 is 0 Å². The van der Waals surface area contributed by atoms with E-state index in [0.717, 1.165) is 23.3 Å². The fourth-order valence-corrected chi connectivity index (χ4v) is 6.71. The molecule has 2 aromatic carbocycles. The first kappa shape index (κ1) is 23.1. The van der Waals surface area contributed by atoms with Gasteiger partial charge in [0.2, 0.25) is 20.0 Å². The van der Waals surface area contributed by atoms with Crippen LogP contribution in [0.25, 0.3) is 0 Å². The van der Waals surface area contributed by atoms with Crippen LogP contribution in [0.15, 0.2) is 75.8 Å². The van der Waals surface area contributed by atoms with Gasteiger partial charge in [0.05, 0.1) is 15.8 Å². The smallest absolute Gasteiger partial charge is 0.208 e. The summed E-state index contributed by atoms with van der Waals surface area (Å²) in [7, 11) is -7.53. The molecule has 6 nitrogen and oxygen atoms in total. The van der Waals surface area contributed by atoms with E-state index in [-0.39, 0.29) is 15.8 Å². The number of benzene rings is 2. The first-order valence-electron chi connectivity index (χ1n) is 10.4. The van der Waals surface area contributed by atoms with Gasteiger partial charge < -0.3 is 0 Å². The summed E-state index contributed by atoms with van der Waals surface area (Å²) < 4.78 is 56.4. The van der Waals surface area contributed by atoms with Crippen molar-refractivity contribution < 1.29 is 16.8 Å². The van der Waals surface area contributed by atoms with Crippen LogP contribution in [0.4, 0.5) is 0 Å². The second kappa shape index (κ2) is 9.07. The number of nitrogens with one attached hydrogen (secondary N) is 2. The monoisotopic (exact) mass is 490 g/mol. The zero-order valence-electron chi connectivity index (χ0n) is 17.9. The second-order valence-electron chi connectivity index (χ2n) is 8.26. The molecule has 1 saturated carbocycles. The standard InChI is InChI=1S/C23H26N2O4S3/c1-16(2)17-5-7-18(8-6-17)23(22-4-3-15-30-22)25-32(28,29)21-13-11-20(12-14-21)31(26,27)24-19-9-10-19/h3-8,11-16,19,23-25H,9-10H2,1-2H3. The molecular formula is C23H26N2O4S3. The molecule has 1 aromatic heterocycles. The Bertz CT molecular complexity index is 1260. The average molecular weight is 491 g/mol. The molecule has 1 heterocycles. The summed E-state index contributed by atoms with van der Waals surface area (Å²) in [5, 5.41) is 1.91. The van der Waals surface area contributed by atoms with Gasteiger partial charge in [0, 0.05) is 10.9 Å². The van der Waals surface area contributed by atoms with E-state index in [9.17, 15) is 16.8 Å². The summed E-state index contributed by atoms with van der Waals surface area (Å²) in [6.45, 7) is 4.22. The van der Waals surface area contributed by atoms with E-state index in [1.807, 2.05) is 41.8 Å². The van der Waals surface area contributed by atoms with Gasteiger partial charge in [-0.15, -0.1) is 11.3 Å². The number of hydrogen-bond acceptors (Lipinski definition) is 5. The lowest BCUT2D eigenvalue weighted by Crippen LogP contribution is -2.29. The molecule has 1 fully saturated rings. The number of thiophene rings is 1. The molecule has 1 aliphatic rings. The van der Waals surface area contributed by atoms with Crippen LogP contribution in [-0.4, -0.2) is 22.9 Å². The Morgan fingerprint density at radius 1 is 0.812 bits per heavy atom. The molecule has 32 heavy (non-hydrogen) atoms. The SMILES string of the molecule is CC(C)c1ccc(C(NS(=O)(=O)c2ccc(S(=O)(=O)NC3CC3)cc2)c2cccs2)cc1. The predicted molar refractivity (Wildman–Crippen MR) is 127 cm³/mol. The van der Waals surface area contributed by atoms with Crippen molar-refractivity contribution in [2.24, 2.45) is 0 Å². The highest BCUT2D eigenvalue weighted by molar-refractivity contribution is 7.90. The van der Waals surface area contributed by atoms with Crippen LogP contribution in [0.2, 0.25) is 0 Å². The van der Waals surface area contributed by atoms with E-state index in [4.69, 9.17) is 0 Å². The molecule has 2 N–H and O–H groups in total. The van der Waals surface area contributed by atoms with E-state index >= 15 is 0 Å². The Kier molecular flexibility index (Phi) is 6.56. The molecule has 4 rings (SSSR count). The van der Waals surface area contributed by atoms with Crippen LogP contribution in [0.3, 0.4) is 0 Å². The van der Waals surface area contributed by atoms with E-state index in [1.54, 1.807) is 0 Å². The average Bonchev–Trinajstić information content (AvgIpc) is 3.39. The first-order valence-corrected chi connectivity index (χ1v) is 14.3. The normalized spacial score (nSPS) is 15.7. The molecule has 1 unspecified atom stereocenters. The van der Waals surface area contributed by atoms with Crippen LogP contribution >= 0.6 is 11.3 Å². The Balaban J connectivity index is 1.60. The quantitative estimate of drug-likeness (QED) is 0.466. The summed E-state index contributed by atoms with van der Waals surface area (Å²) in [6, 6.07) is 16.5. The fourth-order valence-electron chi connectivity index (χ4n) is 3.33. The molecule has 0 radical (unpaired) electrons. The second-order valence-corrected chi connectivity index (χ2v) is 12.7. The number of sulfonamides is 2. The summed E-state index contributed by atoms with van der Waals surface area (Å²) in [4.78, 5) is 0.948. The van der Waals surface area contributed by atoms with Gasteiger partial charge in [-0.2, -0.15) is 4.72 Å². The minimum Gasteiger partial charge on any atom is -0.208 e. The topological polar surface area (TPSA) is 92.3 Å². The summed E-state index contributed by atoms with van der Waals surface area (Å²) >= 11 is 1.48. The van der Waals surface area contributed by atoms with E-state index in [2.05, 4.69) is 23.3 Å². The molecule has 0 aliphatic heterocycles. The summed E-state index contributed by atoms with van der Waals surface area (Å²) in [5.41, 5.74) is 2.02. The zero-order chi connectivity index (χ0) is 22.9. The largest absolute Gasteiger partial charge is 0.241 e. The van der Waals surface area contributed by atoms with Gasteiger partial charge in [0.1, 0.15) is 0 Å². The van der Waals surface area contributed by atoms with Crippen molar-refractivity contribution in [3.05, 3.63) is 82.0 Å². The fraction of sp³-hybridized carbons (Fsp3) is 0.304.